The van der Waals surface area contributed by atoms with Gasteiger partial charge in [0.2, 0.25) is 0 Å². The van der Waals surface area contributed by atoms with Gasteiger partial charge in [-0.2, -0.15) is 0 Å². The summed E-state index contributed by atoms with van der Waals surface area (Å²) in [7, 11) is 0. The van der Waals surface area contributed by atoms with Gasteiger partial charge in [0.05, 0.1) is 5.52 Å². The molecule has 1 N–H and O–H groups in total. The maximum absolute atomic E-state index is 12.2. The van der Waals surface area contributed by atoms with Crippen molar-refractivity contribution in [2.75, 3.05) is 0 Å². The van der Waals surface area contributed by atoms with E-state index in [2.05, 4.69) is 10.3 Å². The Morgan fingerprint density at radius 3 is 2.29 bits per heavy atom. The van der Waals surface area contributed by atoms with Gasteiger partial charge in [-0.05, 0) is 64.4 Å². The van der Waals surface area contributed by atoms with E-state index in [1.807, 2.05) is 72.7 Å². The molecule has 0 aliphatic carbocycles. The Morgan fingerprint density at radius 1 is 1.10 bits per heavy atom. The standard InChI is InChI=1S/C16H20N2O.C2H6/c1-10-8-11(2)17-14-7-6-12(9-13(10)14)15(19)18-16(3,4)5;1-2/h6-9H,1-5H3,(H,18,19);1-2H3. The molecule has 1 aromatic carbocycles. The van der Waals surface area contributed by atoms with Crippen molar-refractivity contribution in [1.29, 1.82) is 0 Å². The van der Waals surface area contributed by atoms with Crippen LogP contribution in [0.4, 0.5) is 0 Å². The van der Waals surface area contributed by atoms with E-state index in [-0.39, 0.29) is 11.4 Å². The molecule has 3 nitrogen and oxygen atoms in total. The third-order valence-corrected chi connectivity index (χ3v) is 2.89. The Balaban J connectivity index is 0.00000106. The molecule has 0 bridgehead atoms. The molecular formula is C18H26N2O. The summed E-state index contributed by atoms with van der Waals surface area (Å²) < 4.78 is 0. The van der Waals surface area contributed by atoms with Gasteiger partial charge in [-0.1, -0.05) is 13.8 Å². The lowest BCUT2D eigenvalue weighted by molar-refractivity contribution is 0.0919. The smallest absolute Gasteiger partial charge is 0.251 e. The van der Waals surface area contributed by atoms with Gasteiger partial charge in [0.25, 0.3) is 5.91 Å². The van der Waals surface area contributed by atoms with E-state index in [1.54, 1.807) is 0 Å². The van der Waals surface area contributed by atoms with Gasteiger partial charge in [0, 0.05) is 22.2 Å². The van der Waals surface area contributed by atoms with E-state index < -0.39 is 0 Å². The number of pyridine rings is 1. The van der Waals surface area contributed by atoms with Crippen LogP contribution in [-0.4, -0.2) is 16.4 Å². The zero-order valence-corrected chi connectivity index (χ0v) is 14.2. The van der Waals surface area contributed by atoms with Crippen molar-refractivity contribution in [1.82, 2.24) is 10.3 Å². The largest absolute Gasteiger partial charge is 0.347 e. The Kier molecular flexibility index (Phi) is 5.47. The normalized spacial score (nSPS) is 10.8. The zero-order chi connectivity index (χ0) is 16.2. The average Bonchev–Trinajstić information content (AvgIpc) is 2.38. The number of rotatable bonds is 1. The number of amides is 1. The lowest BCUT2D eigenvalue weighted by atomic mass is 10.0. The zero-order valence-electron chi connectivity index (χ0n) is 14.2. The summed E-state index contributed by atoms with van der Waals surface area (Å²) in [5, 5.41) is 4.01. The van der Waals surface area contributed by atoms with Crippen molar-refractivity contribution in [2.45, 2.75) is 54.0 Å². The monoisotopic (exact) mass is 286 g/mol. The van der Waals surface area contributed by atoms with E-state index in [1.165, 1.54) is 0 Å². The number of aromatic nitrogens is 1. The minimum absolute atomic E-state index is 0.0469. The van der Waals surface area contributed by atoms with Crippen LogP contribution < -0.4 is 5.32 Å². The van der Waals surface area contributed by atoms with Crippen molar-refractivity contribution < 1.29 is 4.79 Å². The first-order chi connectivity index (χ1) is 9.76. The molecule has 0 unspecified atom stereocenters. The first kappa shape index (κ1) is 17.2. The molecule has 0 aliphatic heterocycles. The molecule has 114 valence electrons. The van der Waals surface area contributed by atoms with E-state index in [9.17, 15) is 4.79 Å². The molecule has 1 aromatic heterocycles. The fraction of sp³-hybridized carbons (Fsp3) is 0.444. The highest BCUT2D eigenvalue weighted by Gasteiger charge is 2.15. The molecular weight excluding hydrogens is 260 g/mol. The molecule has 2 rings (SSSR count). The summed E-state index contributed by atoms with van der Waals surface area (Å²) in [5.41, 5.74) is 3.53. The molecule has 0 aliphatic rings. The first-order valence-corrected chi connectivity index (χ1v) is 7.47. The number of benzene rings is 1. The van der Waals surface area contributed by atoms with Gasteiger partial charge in [-0.3, -0.25) is 9.78 Å². The molecule has 1 amide bonds. The fourth-order valence-electron chi connectivity index (χ4n) is 2.12. The van der Waals surface area contributed by atoms with Gasteiger partial charge >= 0.3 is 0 Å². The van der Waals surface area contributed by atoms with Crippen LogP contribution in [0.2, 0.25) is 0 Å². The molecule has 0 saturated heterocycles. The number of fused-ring (bicyclic) bond motifs is 1. The third-order valence-electron chi connectivity index (χ3n) is 2.89. The summed E-state index contributed by atoms with van der Waals surface area (Å²) in [4.78, 5) is 16.6. The molecule has 0 atom stereocenters. The minimum atomic E-state index is -0.230. The first-order valence-electron chi connectivity index (χ1n) is 7.47. The van der Waals surface area contributed by atoms with Gasteiger partial charge in [0.15, 0.2) is 0 Å². The van der Waals surface area contributed by atoms with Crippen molar-refractivity contribution in [3.05, 3.63) is 41.1 Å². The number of hydrogen-bond acceptors (Lipinski definition) is 2. The van der Waals surface area contributed by atoms with Gasteiger partial charge in [0.1, 0.15) is 0 Å². The highest BCUT2D eigenvalue weighted by Crippen LogP contribution is 2.19. The Hall–Kier alpha value is -1.90. The summed E-state index contributed by atoms with van der Waals surface area (Å²) in [6.45, 7) is 13.9. The summed E-state index contributed by atoms with van der Waals surface area (Å²) in [6, 6.07) is 7.69. The van der Waals surface area contributed by atoms with Crippen LogP contribution in [0.1, 0.15) is 56.2 Å². The Bertz CT molecular complexity index is 639. The Labute approximate surface area is 127 Å². The maximum atomic E-state index is 12.2. The minimum Gasteiger partial charge on any atom is -0.347 e. The molecule has 0 spiro atoms. The predicted octanol–water partition coefficient (Wildman–Crippen LogP) is 4.41. The van der Waals surface area contributed by atoms with E-state index in [0.717, 1.165) is 22.2 Å². The van der Waals surface area contributed by atoms with E-state index in [0.29, 0.717) is 5.56 Å². The van der Waals surface area contributed by atoms with Gasteiger partial charge in [-0.25, -0.2) is 0 Å². The SMILES string of the molecule is CC.Cc1cc(C)c2cc(C(=O)NC(C)(C)C)ccc2n1. The fourth-order valence-corrected chi connectivity index (χ4v) is 2.12. The molecule has 0 saturated carbocycles. The van der Waals surface area contributed by atoms with Gasteiger partial charge < -0.3 is 5.32 Å². The van der Waals surface area contributed by atoms with E-state index >= 15 is 0 Å². The number of nitrogens with one attached hydrogen (secondary N) is 1. The van der Waals surface area contributed by atoms with Crippen LogP contribution in [0.3, 0.4) is 0 Å². The van der Waals surface area contributed by atoms with Crippen molar-refractivity contribution >= 4 is 16.8 Å². The van der Waals surface area contributed by atoms with Crippen molar-refractivity contribution in [3.63, 3.8) is 0 Å². The number of hydrogen-bond donors (Lipinski definition) is 1. The number of carbonyl (C=O) groups is 1. The number of aryl methyl sites for hydroxylation is 2. The highest BCUT2D eigenvalue weighted by molar-refractivity contribution is 5.98. The second kappa shape index (κ2) is 6.70. The highest BCUT2D eigenvalue weighted by atomic mass is 16.1. The van der Waals surface area contributed by atoms with Crippen LogP contribution >= 0.6 is 0 Å². The summed E-state index contributed by atoms with van der Waals surface area (Å²) in [5.74, 6) is -0.0469. The van der Waals surface area contributed by atoms with Gasteiger partial charge in [-0.15, -0.1) is 0 Å². The number of carbonyl (C=O) groups excluding carboxylic acids is 1. The maximum Gasteiger partial charge on any atom is 0.251 e. The molecule has 0 radical (unpaired) electrons. The molecule has 21 heavy (non-hydrogen) atoms. The predicted molar refractivity (Wildman–Crippen MR) is 89.8 cm³/mol. The van der Waals surface area contributed by atoms with Crippen molar-refractivity contribution in [2.24, 2.45) is 0 Å². The molecule has 0 fully saturated rings. The Morgan fingerprint density at radius 2 is 1.71 bits per heavy atom. The lowest BCUT2D eigenvalue weighted by Gasteiger charge is -2.20. The second-order valence-electron chi connectivity index (χ2n) is 6.02. The van der Waals surface area contributed by atoms with Crippen LogP contribution in [0, 0.1) is 13.8 Å². The molecule has 2 aromatic rings. The van der Waals surface area contributed by atoms with Crippen LogP contribution in [0.15, 0.2) is 24.3 Å². The van der Waals surface area contributed by atoms with Crippen LogP contribution in [-0.2, 0) is 0 Å². The molecule has 3 heteroatoms. The van der Waals surface area contributed by atoms with E-state index in [4.69, 9.17) is 0 Å². The molecule has 1 heterocycles. The average molecular weight is 286 g/mol. The quantitative estimate of drug-likeness (QED) is 0.844. The number of nitrogens with zero attached hydrogens (tertiary/aromatic N) is 1. The van der Waals surface area contributed by atoms with Crippen LogP contribution in [0.25, 0.3) is 10.9 Å². The second-order valence-corrected chi connectivity index (χ2v) is 6.02. The summed E-state index contributed by atoms with van der Waals surface area (Å²) >= 11 is 0. The summed E-state index contributed by atoms with van der Waals surface area (Å²) in [6.07, 6.45) is 0. The van der Waals surface area contributed by atoms with Crippen LogP contribution in [0.5, 0.6) is 0 Å². The third kappa shape index (κ3) is 4.55. The van der Waals surface area contributed by atoms with Crippen molar-refractivity contribution in [3.8, 4) is 0 Å². The topological polar surface area (TPSA) is 42.0 Å². The lowest BCUT2D eigenvalue weighted by Crippen LogP contribution is -2.40.